The van der Waals surface area contributed by atoms with Crippen LogP contribution < -0.4 is 10.1 Å². The third-order valence-corrected chi connectivity index (χ3v) is 6.33. The highest BCUT2D eigenvalue weighted by Gasteiger charge is 2.28. The summed E-state index contributed by atoms with van der Waals surface area (Å²) in [6.45, 7) is 2.12. The molecule has 0 unspecified atom stereocenters. The number of nitrogens with one attached hydrogen (secondary N) is 1. The lowest BCUT2D eigenvalue weighted by atomic mass is 10.1. The van der Waals surface area contributed by atoms with Crippen molar-refractivity contribution in [3.63, 3.8) is 0 Å². The lowest BCUT2D eigenvalue weighted by molar-refractivity contribution is -0.113. The van der Waals surface area contributed by atoms with Crippen LogP contribution in [0.1, 0.15) is 25.3 Å². The molecule has 1 aromatic heterocycles. The van der Waals surface area contributed by atoms with E-state index in [1.165, 1.54) is 18.0 Å². The Labute approximate surface area is 167 Å². The molecule has 7 nitrogen and oxygen atoms in total. The lowest BCUT2D eigenvalue weighted by Crippen LogP contribution is -2.20. The van der Waals surface area contributed by atoms with E-state index >= 15 is 0 Å². The number of rotatable bonds is 5. The number of ether oxygens (including phenoxy) is 1. The number of carbonyl (C=O) groups excluding carboxylic acids is 1. The molecule has 1 aliphatic carbocycles. The molecule has 146 valence electrons. The minimum Gasteiger partial charge on any atom is -0.492 e. The molecule has 0 atom stereocenters. The lowest BCUT2D eigenvalue weighted by Gasteiger charge is -2.12. The largest absolute Gasteiger partial charge is 0.492 e. The van der Waals surface area contributed by atoms with E-state index in [1.54, 1.807) is 25.1 Å². The van der Waals surface area contributed by atoms with E-state index in [9.17, 15) is 13.2 Å². The Balaban J connectivity index is 1.72. The van der Waals surface area contributed by atoms with Crippen molar-refractivity contribution in [2.75, 3.05) is 12.9 Å². The minimum absolute atomic E-state index is 0.0530. The van der Waals surface area contributed by atoms with Gasteiger partial charge in [-0.25, -0.2) is 8.42 Å². The molecule has 4 rings (SSSR count). The first kappa shape index (κ1) is 18.9. The highest BCUT2D eigenvalue weighted by atomic mass is 32.2. The Morgan fingerprint density at radius 3 is 2.82 bits per heavy atom. The highest BCUT2D eigenvalue weighted by molar-refractivity contribution is 8.18. The van der Waals surface area contributed by atoms with Gasteiger partial charge in [-0.15, -0.1) is 0 Å². The maximum atomic E-state index is 12.2. The van der Waals surface area contributed by atoms with Gasteiger partial charge >= 0.3 is 0 Å². The third-order valence-electron chi connectivity index (χ3n) is 4.32. The van der Waals surface area contributed by atoms with Crippen LogP contribution in [0, 0.1) is 0 Å². The molecule has 1 amide bonds. The number of amidine groups is 1. The van der Waals surface area contributed by atoms with E-state index in [2.05, 4.69) is 15.3 Å². The number of pyridine rings is 1. The van der Waals surface area contributed by atoms with Crippen LogP contribution >= 0.6 is 11.8 Å². The van der Waals surface area contributed by atoms with E-state index in [0.29, 0.717) is 33.6 Å². The molecule has 1 aromatic carbocycles. The van der Waals surface area contributed by atoms with Crippen LogP contribution in [0.2, 0.25) is 0 Å². The van der Waals surface area contributed by atoms with Crippen LogP contribution in [0.15, 0.2) is 39.2 Å². The van der Waals surface area contributed by atoms with Gasteiger partial charge in [0.15, 0.2) is 15.0 Å². The first-order valence-electron chi connectivity index (χ1n) is 8.90. The third kappa shape index (κ3) is 3.90. The number of benzene rings is 1. The van der Waals surface area contributed by atoms with Gasteiger partial charge in [0.05, 0.1) is 23.2 Å². The second kappa shape index (κ2) is 7.21. The van der Waals surface area contributed by atoms with Gasteiger partial charge in [0.25, 0.3) is 5.91 Å². The summed E-state index contributed by atoms with van der Waals surface area (Å²) in [6, 6.07) is 5.83. The number of aliphatic imine (C=N–C) groups is 1. The van der Waals surface area contributed by atoms with Gasteiger partial charge < -0.3 is 10.1 Å². The Hall–Kier alpha value is -2.39. The van der Waals surface area contributed by atoms with Gasteiger partial charge in [-0.05, 0) is 55.3 Å². The quantitative estimate of drug-likeness (QED) is 0.747. The molecule has 0 saturated heterocycles. The monoisotopic (exact) mass is 417 g/mol. The van der Waals surface area contributed by atoms with Crippen LogP contribution in [0.25, 0.3) is 17.0 Å². The highest BCUT2D eigenvalue weighted by Crippen LogP contribution is 2.34. The summed E-state index contributed by atoms with van der Waals surface area (Å²) < 4.78 is 29.9. The van der Waals surface area contributed by atoms with Gasteiger partial charge in [0, 0.05) is 17.7 Å². The average Bonchev–Trinajstić information content (AvgIpc) is 3.38. The summed E-state index contributed by atoms with van der Waals surface area (Å²) in [5.41, 5.74) is 1.37. The Bertz CT molecular complexity index is 1140. The number of nitrogens with zero attached hydrogens (tertiary/aromatic N) is 2. The zero-order chi connectivity index (χ0) is 19.9. The molecular formula is C19H19N3O4S2. The maximum absolute atomic E-state index is 12.2. The molecule has 0 radical (unpaired) electrons. The standard InChI is InChI=1S/C19H19N3O4S2/c1-3-26-17-13-8-11(4-7-14(13)20-10-16(17)28(2,24)25)9-15-18(23)22-19(27-15)21-12-5-6-12/h4,7-10,12H,3,5-6H2,1-2H3,(H,21,22,23)/b15-9-. The van der Waals surface area contributed by atoms with Gasteiger partial charge in [-0.3, -0.25) is 9.78 Å². The molecule has 2 aliphatic rings. The number of sulfone groups is 1. The smallest absolute Gasteiger partial charge is 0.286 e. The van der Waals surface area contributed by atoms with Crippen LogP contribution in [0.4, 0.5) is 0 Å². The number of carbonyl (C=O) groups is 1. The summed E-state index contributed by atoms with van der Waals surface area (Å²) in [6.07, 6.45) is 6.41. The van der Waals surface area contributed by atoms with Gasteiger partial charge in [-0.1, -0.05) is 6.07 Å². The van der Waals surface area contributed by atoms with Gasteiger partial charge in [0.1, 0.15) is 10.6 Å². The molecule has 0 bridgehead atoms. The number of fused-ring (bicyclic) bond motifs is 1. The SMILES string of the molecule is CCOc1c(S(C)(=O)=O)cnc2ccc(/C=C3\SC(NC4CC4)=NC3=O)cc12. The van der Waals surface area contributed by atoms with Gasteiger partial charge in [0.2, 0.25) is 0 Å². The molecule has 2 heterocycles. The van der Waals surface area contributed by atoms with Crippen molar-refractivity contribution in [3.05, 3.63) is 34.9 Å². The second-order valence-electron chi connectivity index (χ2n) is 6.68. The van der Waals surface area contributed by atoms with Crippen LogP contribution in [0.5, 0.6) is 5.75 Å². The summed E-state index contributed by atoms with van der Waals surface area (Å²) in [5.74, 6) is 0.00859. The Morgan fingerprint density at radius 2 is 2.14 bits per heavy atom. The first-order valence-corrected chi connectivity index (χ1v) is 11.6. The maximum Gasteiger partial charge on any atom is 0.286 e. The van der Waals surface area contributed by atoms with Crippen molar-refractivity contribution < 1.29 is 17.9 Å². The van der Waals surface area contributed by atoms with Crippen molar-refractivity contribution >= 4 is 49.7 Å². The molecule has 1 aliphatic heterocycles. The average molecular weight is 418 g/mol. The summed E-state index contributed by atoms with van der Waals surface area (Å²) in [5, 5.41) is 4.46. The van der Waals surface area contributed by atoms with Crippen molar-refractivity contribution in [3.8, 4) is 5.75 Å². The fraction of sp³-hybridized carbons (Fsp3) is 0.316. The van der Waals surface area contributed by atoms with Crippen molar-refractivity contribution in [2.45, 2.75) is 30.7 Å². The molecule has 0 spiro atoms. The second-order valence-corrected chi connectivity index (χ2v) is 9.70. The predicted molar refractivity (Wildman–Crippen MR) is 110 cm³/mol. The fourth-order valence-corrected chi connectivity index (χ4v) is 4.48. The summed E-state index contributed by atoms with van der Waals surface area (Å²) >= 11 is 1.32. The van der Waals surface area contributed by atoms with E-state index in [-0.39, 0.29) is 16.6 Å². The molecule has 1 N–H and O–H groups in total. The van der Waals surface area contributed by atoms with E-state index < -0.39 is 9.84 Å². The van der Waals surface area contributed by atoms with E-state index in [1.807, 2.05) is 6.07 Å². The van der Waals surface area contributed by atoms with Crippen LogP contribution in [-0.2, 0) is 14.6 Å². The van der Waals surface area contributed by atoms with E-state index in [4.69, 9.17) is 4.74 Å². The number of amides is 1. The molecule has 9 heteroatoms. The van der Waals surface area contributed by atoms with E-state index in [0.717, 1.165) is 24.7 Å². The predicted octanol–water partition coefficient (Wildman–Crippen LogP) is 2.76. The number of thioether (sulfide) groups is 1. The first-order chi connectivity index (χ1) is 13.3. The zero-order valence-corrected chi connectivity index (χ0v) is 17.1. The minimum atomic E-state index is -3.49. The Morgan fingerprint density at radius 1 is 1.36 bits per heavy atom. The van der Waals surface area contributed by atoms with Crippen molar-refractivity contribution in [1.29, 1.82) is 0 Å². The summed E-state index contributed by atoms with van der Waals surface area (Å²) in [4.78, 5) is 21.0. The van der Waals surface area contributed by atoms with Crippen molar-refractivity contribution in [2.24, 2.45) is 4.99 Å². The van der Waals surface area contributed by atoms with Crippen LogP contribution in [0.3, 0.4) is 0 Å². The van der Waals surface area contributed by atoms with Crippen LogP contribution in [-0.4, -0.2) is 43.4 Å². The number of hydrogen-bond donors (Lipinski definition) is 1. The normalized spacial score (nSPS) is 18.6. The molecule has 28 heavy (non-hydrogen) atoms. The molecule has 1 saturated carbocycles. The molecule has 2 aromatic rings. The zero-order valence-electron chi connectivity index (χ0n) is 15.4. The topological polar surface area (TPSA) is 97.7 Å². The Kier molecular flexibility index (Phi) is 4.88. The number of aromatic nitrogens is 1. The molecule has 1 fully saturated rings. The van der Waals surface area contributed by atoms with Gasteiger partial charge in [-0.2, -0.15) is 4.99 Å². The fourth-order valence-electron chi connectivity index (χ4n) is 2.84. The summed E-state index contributed by atoms with van der Waals surface area (Å²) in [7, 11) is -3.49. The van der Waals surface area contributed by atoms with Crippen molar-refractivity contribution in [1.82, 2.24) is 10.3 Å². The number of hydrogen-bond acceptors (Lipinski definition) is 7. The molecular weight excluding hydrogens is 398 g/mol.